The Morgan fingerprint density at radius 3 is 1.95 bits per heavy atom. The molecule has 81 heavy (non-hydrogen) atoms. The fourth-order valence-electron chi connectivity index (χ4n) is 11.4. The fourth-order valence-corrected chi connectivity index (χ4v) is 14.1. The van der Waals surface area contributed by atoms with Crippen molar-refractivity contribution in [1.29, 1.82) is 0 Å². The van der Waals surface area contributed by atoms with E-state index in [0.717, 1.165) is 28.5 Å². The number of allylic oxidation sites excluding steroid dienone is 6. The standard InChI is InChI=1S/C59H58N4O14S4/c1-6-61-48-28-26-43-45(33-41(78(66,67)68)35-50(43)80(72,73)74)56(48)58(2,3)52(61)21-9-7-10-22-53-59(4,5)57-46-34-42(79(69,70)71)36-51(81(75,76)77)44(46)27-29-49(57)62(53)32-16-8-11-23-54(64)60-31-30-55(65)63-37-40-19-13-12-17-38(40)24-25-39-18-14-15-20-47(39)63/h7,9-10,12-15,17-22,26-29,33-36H,6,8,11,16,23,30-32,37H2,1-5H3,(H4-,60,64,66,67,68,69,70,71,72,73,74,75,76,77). The molecule has 0 saturated heterocycles. The zero-order valence-electron chi connectivity index (χ0n) is 44.8. The Hall–Kier alpha value is -7.33. The van der Waals surface area contributed by atoms with Gasteiger partial charge in [-0.25, -0.2) is 8.42 Å². The number of nitrogens with zero attached hydrogens (tertiary/aromatic N) is 3. The van der Waals surface area contributed by atoms with Crippen LogP contribution in [0.1, 0.15) is 94.5 Å². The van der Waals surface area contributed by atoms with Crippen LogP contribution in [0.15, 0.2) is 153 Å². The minimum Gasteiger partial charge on any atom is -0.744 e. The molecule has 0 radical (unpaired) electrons. The Kier molecular flexibility index (Phi) is 15.7. The van der Waals surface area contributed by atoms with E-state index >= 15 is 0 Å². The molecule has 0 unspecified atom stereocenters. The van der Waals surface area contributed by atoms with Crippen molar-refractivity contribution in [3.63, 3.8) is 0 Å². The highest BCUT2D eigenvalue weighted by molar-refractivity contribution is 7.87. The van der Waals surface area contributed by atoms with E-state index in [-0.39, 0.29) is 52.7 Å². The first-order valence-electron chi connectivity index (χ1n) is 25.9. The van der Waals surface area contributed by atoms with Crippen LogP contribution in [0, 0.1) is 11.8 Å². The number of nitrogens with one attached hydrogen (secondary N) is 1. The fraction of sp³-hybridized carbons (Fsp3) is 0.271. The Bertz CT molecular complexity index is 4320. The molecule has 0 bridgehead atoms. The molecule has 0 saturated carbocycles. The quantitative estimate of drug-likeness (QED) is 0.0218. The second-order valence-electron chi connectivity index (χ2n) is 21.0. The number of anilines is 2. The van der Waals surface area contributed by atoms with Crippen LogP contribution < -0.4 is 15.1 Å². The number of hydrogen-bond donors (Lipinski definition) is 4. The van der Waals surface area contributed by atoms with Crippen molar-refractivity contribution >= 4 is 96.6 Å². The van der Waals surface area contributed by atoms with Gasteiger partial charge >= 0.3 is 0 Å². The van der Waals surface area contributed by atoms with Crippen molar-refractivity contribution in [2.24, 2.45) is 0 Å². The molecule has 4 N–H and O–H groups in total. The van der Waals surface area contributed by atoms with Gasteiger partial charge in [-0.15, -0.1) is 0 Å². The maximum Gasteiger partial charge on any atom is 0.295 e. The molecule has 0 aromatic heterocycles. The molecule has 0 aliphatic carbocycles. The van der Waals surface area contributed by atoms with E-state index < -0.39 is 70.9 Å². The third-order valence-corrected chi connectivity index (χ3v) is 18.5. The van der Waals surface area contributed by atoms with Crippen molar-refractivity contribution in [2.75, 3.05) is 29.4 Å². The van der Waals surface area contributed by atoms with E-state index in [9.17, 15) is 61.5 Å². The summed E-state index contributed by atoms with van der Waals surface area (Å²) < 4.78 is 145. The molecule has 0 atom stereocenters. The monoisotopic (exact) mass is 1170 g/mol. The second-order valence-corrected chi connectivity index (χ2v) is 26.6. The van der Waals surface area contributed by atoms with Crippen molar-refractivity contribution in [3.8, 4) is 11.8 Å². The summed E-state index contributed by atoms with van der Waals surface area (Å²) in [7, 11) is -20.1. The van der Waals surface area contributed by atoms with Gasteiger partial charge in [-0.3, -0.25) is 23.2 Å². The molecule has 422 valence electrons. The average molecular weight is 1180 g/mol. The number of rotatable bonds is 17. The number of amides is 2. The van der Waals surface area contributed by atoms with Crippen LogP contribution in [-0.4, -0.2) is 93.6 Å². The number of carbonyl (C=O) groups excluding carboxylic acids is 2. The number of hydrogen-bond acceptors (Lipinski definition) is 12. The Labute approximate surface area is 471 Å². The first kappa shape index (κ1) is 58.3. The summed E-state index contributed by atoms with van der Waals surface area (Å²) in [5.74, 6) is 6.01. The zero-order valence-corrected chi connectivity index (χ0v) is 48.1. The van der Waals surface area contributed by atoms with E-state index in [4.69, 9.17) is 0 Å². The van der Waals surface area contributed by atoms with Crippen molar-refractivity contribution < 1.29 is 66.0 Å². The molecule has 3 aliphatic heterocycles. The predicted molar refractivity (Wildman–Crippen MR) is 307 cm³/mol. The van der Waals surface area contributed by atoms with Gasteiger partial charge in [0.1, 0.15) is 21.6 Å². The van der Waals surface area contributed by atoms with Gasteiger partial charge in [0, 0.05) is 88.8 Å². The lowest BCUT2D eigenvalue weighted by molar-refractivity contribution is -0.438. The van der Waals surface area contributed by atoms with Gasteiger partial charge in [0.05, 0.1) is 32.3 Å². The molecule has 6 aromatic rings. The largest absolute Gasteiger partial charge is 0.744 e. The first-order valence-corrected chi connectivity index (χ1v) is 31.6. The van der Waals surface area contributed by atoms with Crippen molar-refractivity contribution in [1.82, 2.24) is 5.32 Å². The molecule has 9 rings (SSSR count). The molecule has 0 fully saturated rings. The van der Waals surface area contributed by atoms with Crippen molar-refractivity contribution in [2.45, 2.75) is 104 Å². The normalized spacial score (nSPS) is 16.3. The SMILES string of the molecule is CCN1/C(=C/C=C/C=C/C2=[N+](CCCCCC(=O)NCCC(=O)N3Cc4ccccc4C#Cc4ccccc43)c3ccc4c(S(=O)(=O)[O-])cc(S(=O)(=O)O)cc4c3C2(C)C)C(C)(C)c2c1ccc1c(S(=O)(=O)O)cc(S(=O)(=O)O)cc21. The summed E-state index contributed by atoms with van der Waals surface area (Å²) in [6, 6.07) is 25.1. The maximum atomic E-state index is 13.7. The first-order chi connectivity index (χ1) is 38.0. The van der Waals surface area contributed by atoms with Gasteiger partial charge in [0.15, 0.2) is 5.71 Å². The third kappa shape index (κ3) is 11.5. The molecular weight excluding hydrogens is 1120 g/mol. The number of benzene rings is 6. The van der Waals surface area contributed by atoms with Gasteiger partial charge in [0.2, 0.25) is 17.5 Å². The zero-order chi connectivity index (χ0) is 58.6. The highest BCUT2D eigenvalue weighted by atomic mass is 32.2. The van der Waals surface area contributed by atoms with Crippen LogP contribution in [0.2, 0.25) is 0 Å². The lowest BCUT2D eigenvalue weighted by Gasteiger charge is -2.26. The average Bonchev–Trinajstić information content (AvgIpc) is 2.09. The van der Waals surface area contributed by atoms with Crippen LogP contribution in [0.5, 0.6) is 0 Å². The lowest BCUT2D eigenvalue weighted by Crippen LogP contribution is -2.35. The highest BCUT2D eigenvalue weighted by Gasteiger charge is 2.46. The summed E-state index contributed by atoms with van der Waals surface area (Å²) in [6.45, 7) is 10.7. The number of likely N-dealkylation sites (N-methyl/N-ethyl adjacent to an activating group) is 1. The van der Waals surface area contributed by atoms with Crippen LogP contribution >= 0.6 is 0 Å². The van der Waals surface area contributed by atoms with Crippen LogP contribution in [0.4, 0.5) is 17.1 Å². The summed E-state index contributed by atoms with van der Waals surface area (Å²) in [5, 5.41) is 3.24. The van der Waals surface area contributed by atoms with Crippen LogP contribution in [0.3, 0.4) is 0 Å². The molecule has 2 amide bonds. The maximum absolute atomic E-state index is 13.7. The Morgan fingerprint density at radius 1 is 0.667 bits per heavy atom. The van der Waals surface area contributed by atoms with Gasteiger partial charge < -0.3 is 19.7 Å². The van der Waals surface area contributed by atoms with Gasteiger partial charge in [-0.1, -0.05) is 80.3 Å². The second kappa shape index (κ2) is 21.9. The number of carbonyl (C=O) groups is 2. The van der Waals surface area contributed by atoms with Crippen LogP contribution in [-0.2, 0) is 67.4 Å². The third-order valence-electron chi connectivity index (χ3n) is 15.1. The molecule has 0 spiro atoms. The van der Waals surface area contributed by atoms with Gasteiger partial charge in [-0.2, -0.15) is 29.8 Å². The lowest BCUT2D eigenvalue weighted by atomic mass is 9.79. The predicted octanol–water partition coefficient (Wildman–Crippen LogP) is 8.84. The summed E-state index contributed by atoms with van der Waals surface area (Å²) >= 11 is 0. The van der Waals surface area contributed by atoms with Crippen molar-refractivity contribution in [3.05, 3.63) is 161 Å². The molecule has 22 heteroatoms. The van der Waals surface area contributed by atoms with Gasteiger partial charge in [0.25, 0.3) is 30.4 Å². The van der Waals surface area contributed by atoms with E-state index in [0.29, 0.717) is 84.9 Å². The molecular formula is C59H58N4O14S4. The van der Waals surface area contributed by atoms with E-state index in [2.05, 4.69) is 17.2 Å². The highest BCUT2D eigenvalue weighted by Crippen LogP contribution is 2.52. The number of para-hydroxylation sites is 1. The topological polar surface area (TPSA) is 276 Å². The molecule has 3 aliphatic rings. The molecule has 3 heterocycles. The summed E-state index contributed by atoms with van der Waals surface area (Å²) in [5.41, 5.74) is 5.03. The van der Waals surface area contributed by atoms with Gasteiger partial charge in [-0.05, 0) is 116 Å². The summed E-state index contributed by atoms with van der Waals surface area (Å²) in [4.78, 5) is 27.6. The Balaban J connectivity index is 0.961. The molecule has 18 nitrogen and oxygen atoms in total. The van der Waals surface area contributed by atoms with E-state index in [1.54, 1.807) is 35.3 Å². The Morgan fingerprint density at radius 2 is 1.28 bits per heavy atom. The molecule has 6 aromatic carbocycles. The van der Waals surface area contributed by atoms with E-state index in [1.165, 1.54) is 18.2 Å². The summed E-state index contributed by atoms with van der Waals surface area (Å²) in [6.07, 6.45) is 10.9. The number of unbranched alkanes of at least 4 members (excludes halogenated alkanes) is 2. The van der Waals surface area contributed by atoms with E-state index in [1.807, 2.05) is 105 Å². The number of fused-ring (bicyclic) bond motifs is 8. The minimum atomic E-state index is -5.25. The smallest absolute Gasteiger partial charge is 0.295 e. The van der Waals surface area contributed by atoms with Crippen LogP contribution in [0.25, 0.3) is 21.5 Å². The minimum absolute atomic E-state index is 0.0307.